The summed E-state index contributed by atoms with van der Waals surface area (Å²) >= 11 is 4.76. The van der Waals surface area contributed by atoms with Crippen molar-refractivity contribution in [2.45, 2.75) is 37.8 Å². The molecule has 0 saturated carbocycles. The predicted octanol–water partition coefficient (Wildman–Crippen LogP) is 2.32. The molecule has 0 fully saturated rings. The predicted molar refractivity (Wildman–Crippen MR) is 85.7 cm³/mol. The zero-order valence-electron chi connectivity index (χ0n) is 12.1. The van der Waals surface area contributed by atoms with E-state index in [0.29, 0.717) is 16.9 Å². The zero-order chi connectivity index (χ0) is 15.4. The Morgan fingerprint density at radius 2 is 2.10 bits per heavy atom. The number of hydrogen-bond donors (Lipinski definition) is 2. The Labute approximate surface area is 133 Å². The minimum Gasteiger partial charge on any atom is -0.383 e. The fourth-order valence-corrected chi connectivity index (χ4v) is 5.78. The van der Waals surface area contributed by atoms with Crippen LogP contribution in [0.4, 0.5) is 0 Å². The van der Waals surface area contributed by atoms with Crippen molar-refractivity contribution in [2.75, 3.05) is 20.3 Å². The fourth-order valence-electron chi connectivity index (χ4n) is 1.73. The molecule has 1 heterocycles. The molecule has 2 N–H and O–H groups in total. The molecular weight excluding hydrogens is 364 g/mol. The molecule has 5 nitrogen and oxygen atoms in total. The highest BCUT2D eigenvalue weighted by Gasteiger charge is 2.28. The van der Waals surface area contributed by atoms with Gasteiger partial charge in [0.1, 0.15) is 4.90 Å². The second-order valence-corrected chi connectivity index (χ2v) is 9.16. The Morgan fingerprint density at radius 1 is 1.45 bits per heavy atom. The van der Waals surface area contributed by atoms with Crippen molar-refractivity contribution in [3.05, 3.63) is 14.7 Å². The van der Waals surface area contributed by atoms with Crippen LogP contribution in [-0.2, 0) is 21.3 Å². The van der Waals surface area contributed by atoms with E-state index < -0.39 is 15.6 Å². The average molecular weight is 385 g/mol. The lowest BCUT2D eigenvalue weighted by Gasteiger charge is -2.24. The summed E-state index contributed by atoms with van der Waals surface area (Å²) in [7, 11) is -2.02. The summed E-state index contributed by atoms with van der Waals surface area (Å²) < 4.78 is 33.2. The molecule has 0 radical (unpaired) electrons. The van der Waals surface area contributed by atoms with E-state index in [9.17, 15) is 8.42 Å². The van der Waals surface area contributed by atoms with Crippen molar-refractivity contribution < 1.29 is 13.2 Å². The first kappa shape index (κ1) is 18.1. The van der Waals surface area contributed by atoms with Gasteiger partial charge in [0.2, 0.25) is 10.0 Å². The summed E-state index contributed by atoms with van der Waals surface area (Å²) in [5.74, 6) is 0. The molecule has 1 rings (SSSR count). The third-order valence-electron chi connectivity index (χ3n) is 2.46. The molecule has 0 aliphatic carbocycles. The second-order valence-electron chi connectivity index (χ2n) is 5.05. The molecule has 8 heteroatoms. The number of hydrogen-bond acceptors (Lipinski definition) is 5. The molecular formula is C12H21BrN2O3S2. The third-order valence-corrected chi connectivity index (χ3v) is 6.41. The summed E-state index contributed by atoms with van der Waals surface area (Å²) in [6.45, 7) is 7.39. The van der Waals surface area contributed by atoms with Gasteiger partial charge in [-0.15, -0.1) is 11.3 Å². The Bertz CT molecular complexity index is 541. The van der Waals surface area contributed by atoms with Gasteiger partial charge in [0.25, 0.3) is 0 Å². The Morgan fingerprint density at radius 3 is 2.65 bits per heavy atom. The van der Waals surface area contributed by atoms with E-state index in [4.69, 9.17) is 4.74 Å². The Hall–Kier alpha value is 0.01000. The minimum absolute atomic E-state index is 0.277. The highest BCUT2D eigenvalue weighted by atomic mass is 79.9. The lowest BCUT2D eigenvalue weighted by Crippen LogP contribution is -2.46. The molecule has 1 aromatic heterocycles. The number of rotatable bonds is 8. The van der Waals surface area contributed by atoms with E-state index in [1.54, 1.807) is 27.0 Å². The van der Waals surface area contributed by atoms with E-state index in [1.807, 2.05) is 6.92 Å². The highest BCUT2D eigenvalue weighted by Crippen LogP contribution is 2.32. The van der Waals surface area contributed by atoms with E-state index in [-0.39, 0.29) is 4.90 Å². The van der Waals surface area contributed by atoms with Crippen LogP contribution in [0.25, 0.3) is 0 Å². The lowest BCUT2D eigenvalue weighted by atomic mass is 10.1. The number of methoxy groups -OCH3 is 1. The number of ether oxygens (including phenoxy) is 1. The van der Waals surface area contributed by atoms with Gasteiger partial charge >= 0.3 is 0 Å². The second kappa shape index (κ2) is 7.33. The van der Waals surface area contributed by atoms with Crippen LogP contribution < -0.4 is 10.0 Å². The summed E-state index contributed by atoms with van der Waals surface area (Å²) in [6.07, 6.45) is 0. The van der Waals surface area contributed by atoms with Crippen LogP contribution in [0.1, 0.15) is 25.6 Å². The molecule has 1 aromatic rings. The van der Waals surface area contributed by atoms with Crippen molar-refractivity contribution >= 4 is 37.3 Å². The zero-order valence-corrected chi connectivity index (χ0v) is 15.3. The summed E-state index contributed by atoms with van der Waals surface area (Å²) in [4.78, 5) is 1.25. The van der Waals surface area contributed by atoms with Crippen LogP contribution in [0.2, 0.25) is 0 Å². The van der Waals surface area contributed by atoms with Gasteiger partial charge in [-0.2, -0.15) is 0 Å². The van der Waals surface area contributed by atoms with Gasteiger partial charge in [-0.1, -0.05) is 6.92 Å². The topological polar surface area (TPSA) is 67.4 Å². The van der Waals surface area contributed by atoms with Gasteiger partial charge in [0.05, 0.1) is 15.9 Å². The van der Waals surface area contributed by atoms with Crippen LogP contribution in [0.3, 0.4) is 0 Å². The molecule has 0 aliphatic heterocycles. The van der Waals surface area contributed by atoms with Crippen molar-refractivity contribution in [3.8, 4) is 0 Å². The minimum atomic E-state index is -3.57. The number of nitrogens with one attached hydrogen (secondary N) is 2. The smallest absolute Gasteiger partial charge is 0.243 e. The fraction of sp³-hybridized carbons (Fsp3) is 0.667. The molecule has 0 unspecified atom stereocenters. The summed E-state index contributed by atoms with van der Waals surface area (Å²) in [5.41, 5.74) is -0.656. The monoisotopic (exact) mass is 384 g/mol. The van der Waals surface area contributed by atoms with Crippen molar-refractivity contribution in [3.63, 3.8) is 0 Å². The Balaban J connectivity index is 2.95. The van der Waals surface area contributed by atoms with Crippen LogP contribution in [0.15, 0.2) is 14.7 Å². The van der Waals surface area contributed by atoms with E-state index in [0.717, 1.165) is 11.4 Å². The molecule has 0 aromatic carbocycles. The SMILES string of the molecule is CCNCc1cc(S(=O)(=O)NC(C)(C)COC)c(Br)s1. The maximum absolute atomic E-state index is 12.4. The summed E-state index contributed by atoms with van der Waals surface area (Å²) in [6, 6.07) is 1.70. The first-order valence-corrected chi connectivity index (χ1v) is 9.33. The van der Waals surface area contributed by atoms with E-state index in [2.05, 4.69) is 26.0 Å². The number of sulfonamides is 1. The number of thiophene rings is 1. The normalized spacial score (nSPS) is 12.8. The lowest BCUT2D eigenvalue weighted by molar-refractivity contribution is 0.141. The molecule has 0 saturated heterocycles. The number of halogens is 1. The molecule has 0 aliphatic rings. The van der Waals surface area contributed by atoms with Gasteiger partial charge in [-0.3, -0.25) is 0 Å². The van der Waals surface area contributed by atoms with Gasteiger partial charge < -0.3 is 10.1 Å². The maximum Gasteiger partial charge on any atom is 0.243 e. The van der Waals surface area contributed by atoms with Gasteiger partial charge in [0, 0.05) is 18.5 Å². The first-order chi connectivity index (χ1) is 9.22. The van der Waals surface area contributed by atoms with Gasteiger partial charge in [-0.05, 0) is 42.4 Å². The summed E-state index contributed by atoms with van der Waals surface area (Å²) in [5, 5.41) is 3.18. The van der Waals surface area contributed by atoms with Crippen molar-refractivity contribution in [1.82, 2.24) is 10.0 Å². The molecule has 0 amide bonds. The third kappa shape index (κ3) is 5.09. The van der Waals surface area contributed by atoms with Crippen LogP contribution >= 0.6 is 27.3 Å². The molecule has 0 atom stereocenters. The van der Waals surface area contributed by atoms with Crippen LogP contribution in [-0.4, -0.2) is 34.2 Å². The van der Waals surface area contributed by atoms with E-state index in [1.165, 1.54) is 11.3 Å². The average Bonchev–Trinajstić information content (AvgIpc) is 2.67. The van der Waals surface area contributed by atoms with E-state index >= 15 is 0 Å². The standard InChI is InChI=1S/C12H21BrN2O3S2/c1-5-14-7-9-6-10(11(13)19-9)20(16,17)15-12(2,3)8-18-4/h6,14-15H,5,7-8H2,1-4H3. The molecule has 0 spiro atoms. The van der Waals surface area contributed by atoms with Crippen molar-refractivity contribution in [1.29, 1.82) is 0 Å². The highest BCUT2D eigenvalue weighted by molar-refractivity contribution is 9.11. The molecule has 0 bridgehead atoms. The molecule has 116 valence electrons. The first-order valence-electron chi connectivity index (χ1n) is 6.23. The molecule has 20 heavy (non-hydrogen) atoms. The van der Waals surface area contributed by atoms with Gasteiger partial charge in [0.15, 0.2) is 0 Å². The van der Waals surface area contributed by atoms with Crippen LogP contribution in [0, 0.1) is 0 Å². The maximum atomic E-state index is 12.4. The van der Waals surface area contributed by atoms with Crippen molar-refractivity contribution in [2.24, 2.45) is 0 Å². The largest absolute Gasteiger partial charge is 0.383 e. The van der Waals surface area contributed by atoms with Crippen LogP contribution in [0.5, 0.6) is 0 Å². The van der Waals surface area contributed by atoms with Gasteiger partial charge in [-0.25, -0.2) is 13.1 Å². The Kier molecular flexibility index (Phi) is 6.62. The quantitative estimate of drug-likeness (QED) is 0.721.